The molecule has 24 heavy (non-hydrogen) atoms. The number of carbonyl (C=O) groups excluding carboxylic acids is 1. The fourth-order valence-electron chi connectivity index (χ4n) is 2.81. The Hall–Kier alpha value is -1.72. The fourth-order valence-corrected chi connectivity index (χ4v) is 3.41. The minimum absolute atomic E-state index is 0.0199. The zero-order chi connectivity index (χ0) is 17.1. The van der Waals surface area contributed by atoms with Gasteiger partial charge in [-0.15, -0.1) is 0 Å². The number of anilines is 1. The van der Waals surface area contributed by atoms with Crippen molar-refractivity contribution in [3.63, 3.8) is 0 Å². The van der Waals surface area contributed by atoms with Gasteiger partial charge in [-0.2, -0.15) is 0 Å². The highest BCUT2D eigenvalue weighted by molar-refractivity contribution is 9.10. The molecule has 1 amide bonds. The van der Waals surface area contributed by atoms with Crippen LogP contribution in [0.3, 0.4) is 0 Å². The molecule has 2 aromatic carbocycles. The predicted molar refractivity (Wildman–Crippen MR) is 100 cm³/mol. The Kier molecular flexibility index (Phi) is 5.31. The lowest BCUT2D eigenvalue weighted by Crippen LogP contribution is -2.48. The van der Waals surface area contributed by atoms with Crippen LogP contribution in [-0.2, 0) is 0 Å². The van der Waals surface area contributed by atoms with Crippen molar-refractivity contribution in [2.75, 3.05) is 38.2 Å². The molecule has 6 heteroatoms. The number of piperazine rings is 1. The monoisotopic (exact) mass is 408 g/mol. The molecule has 0 spiro atoms. The van der Waals surface area contributed by atoms with Gasteiger partial charge < -0.3 is 14.5 Å². The number of hydrogen-bond donors (Lipinski definition) is 0. The SMILES string of the molecule is COc1ccc(Br)c(C(=O)N2CCN(c3cccc(Cl)c3)CC2)c1. The predicted octanol–water partition coefficient (Wildman–Crippen LogP) is 4.07. The molecule has 1 aliphatic rings. The van der Waals surface area contributed by atoms with E-state index < -0.39 is 0 Å². The van der Waals surface area contributed by atoms with Gasteiger partial charge in [-0.25, -0.2) is 0 Å². The summed E-state index contributed by atoms with van der Waals surface area (Å²) in [6, 6.07) is 13.3. The molecule has 0 N–H and O–H groups in total. The van der Waals surface area contributed by atoms with Crippen LogP contribution in [-0.4, -0.2) is 44.1 Å². The smallest absolute Gasteiger partial charge is 0.255 e. The first-order valence-corrected chi connectivity index (χ1v) is 8.89. The molecule has 3 rings (SSSR count). The number of carbonyl (C=O) groups is 1. The molecular formula is C18H18BrClN2O2. The van der Waals surface area contributed by atoms with Crippen molar-refractivity contribution in [2.24, 2.45) is 0 Å². The highest BCUT2D eigenvalue weighted by atomic mass is 79.9. The molecular weight excluding hydrogens is 392 g/mol. The summed E-state index contributed by atoms with van der Waals surface area (Å²) in [4.78, 5) is 16.9. The average Bonchev–Trinajstić information content (AvgIpc) is 2.62. The van der Waals surface area contributed by atoms with Gasteiger partial charge in [0.2, 0.25) is 0 Å². The lowest BCUT2D eigenvalue weighted by atomic mass is 10.1. The number of amides is 1. The molecule has 4 nitrogen and oxygen atoms in total. The van der Waals surface area contributed by atoms with Crippen molar-refractivity contribution in [1.82, 2.24) is 4.90 Å². The van der Waals surface area contributed by atoms with Crippen molar-refractivity contribution in [3.8, 4) is 5.75 Å². The number of ether oxygens (including phenoxy) is 1. The molecule has 0 radical (unpaired) electrons. The van der Waals surface area contributed by atoms with Gasteiger partial charge in [0.25, 0.3) is 5.91 Å². The highest BCUT2D eigenvalue weighted by Crippen LogP contribution is 2.25. The molecule has 0 aromatic heterocycles. The topological polar surface area (TPSA) is 32.8 Å². The number of rotatable bonds is 3. The molecule has 126 valence electrons. The summed E-state index contributed by atoms with van der Waals surface area (Å²) in [7, 11) is 1.60. The summed E-state index contributed by atoms with van der Waals surface area (Å²) in [5.41, 5.74) is 1.72. The van der Waals surface area contributed by atoms with E-state index in [9.17, 15) is 4.79 Å². The zero-order valence-electron chi connectivity index (χ0n) is 13.3. The van der Waals surface area contributed by atoms with E-state index in [1.165, 1.54) is 0 Å². The molecule has 0 unspecified atom stereocenters. The third kappa shape index (κ3) is 3.68. The van der Waals surface area contributed by atoms with Crippen molar-refractivity contribution in [3.05, 3.63) is 57.5 Å². The normalized spacial score (nSPS) is 14.6. The van der Waals surface area contributed by atoms with E-state index in [0.29, 0.717) is 24.4 Å². The van der Waals surface area contributed by atoms with Crippen molar-refractivity contribution < 1.29 is 9.53 Å². The van der Waals surface area contributed by atoms with Gasteiger partial charge in [0.1, 0.15) is 5.75 Å². The van der Waals surface area contributed by atoms with Gasteiger partial charge in [0.15, 0.2) is 0 Å². The second-order valence-corrected chi connectivity index (χ2v) is 6.90. The van der Waals surface area contributed by atoms with E-state index in [0.717, 1.165) is 28.3 Å². The summed E-state index contributed by atoms with van der Waals surface area (Å²) in [5, 5.41) is 0.728. The molecule has 0 atom stereocenters. The number of nitrogens with zero attached hydrogens (tertiary/aromatic N) is 2. The maximum atomic E-state index is 12.8. The Bertz CT molecular complexity index is 746. The summed E-state index contributed by atoms with van der Waals surface area (Å²) < 4.78 is 6.00. The van der Waals surface area contributed by atoms with Crippen LogP contribution in [0.1, 0.15) is 10.4 Å². The van der Waals surface area contributed by atoms with Gasteiger partial charge >= 0.3 is 0 Å². The lowest BCUT2D eigenvalue weighted by molar-refractivity contribution is 0.0745. The van der Waals surface area contributed by atoms with E-state index in [1.54, 1.807) is 13.2 Å². The molecule has 1 heterocycles. The van der Waals surface area contributed by atoms with Gasteiger partial charge in [0, 0.05) is 41.4 Å². The average molecular weight is 410 g/mol. The van der Waals surface area contributed by atoms with E-state index in [2.05, 4.69) is 20.8 Å². The van der Waals surface area contributed by atoms with Gasteiger partial charge in [-0.3, -0.25) is 4.79 Å². The third-order valence-corrected chi connectivity index (χ3v) is 5.07. The van der Waals surface area contributed by atoms with E-state index in [4.69, 9.17) is 16.3 Å². The number of halogens is 2. The quantitative estimate of drug-likeness (QED) is 0.766. The number of benzene rings is 2. The molecule has 2 aromatic rings. The van der Waals surface area contributed by atoms with Crippen molar-refractivity contribution in [1.29, 1.82) is 0 Å². The van der Waals surface area contributed by atoms with Crippen LogP contribution in [0.25, 0.3) is 0 Å². The van der Waals surface area contributed by atoms with Crippen LogP contribution in [0, 0.1) is 0 Å². The second-order valence-electron chi connectivity index (χ2n) is 5.60. The first kappa shape index (κ1) is 17.1. The molecule has 1 saturated heterocycles. The van der Waals surface area contributed by atoms with Crippen LogP contribution >= 0.6 is 27.5 Å². The van der Waals surface area contributed by atoms with E-state index >= 15 is 0 Å². The van der Waals surface area contributed by atoms with Crippen LogP contribution in [0.2, 0.25) is 5.02 Å². The Balaban J connectivity index is 1.69. The summed E-state index contributed by atoms with van der Waals surface area (Å²) in [5.74, 6) is 0.700. The first-order chi connectivity index (χ1) is 11.6. The molecule has 0 aliphatic carbocycles. The first-order valence-electron chi connectivity index (χ1n) is 7.72. The molecule has 0 bridgehead atoms. The molecule has 0 saturated carbocycles. The van der Waals surface area contributed by atoms with Crippen molar-refractivity contribution >= 4 is 39.1 Å². The maximum Gasteiger partial charge on any atom is 0.255 e. The lowest BCUT2D eigenvalue weighted by Gasteiger charge is -2.36. The fraction of sp³-hybridized carbons (Fsp3) is 0.278. The van der Waals surface area contributed by atoms with Crippen LogP contribution in [0.15, 0.2) is 46.9 Å². The van der Waals surface area contributed by atoms with Gasteiger partial charge in [0.05, 0.1) is 12.7 Å². The Labute approximate surface area is 155 Å². The summed E-state index contributed by atoms with van der Waals surface area (Å²) in [6.45, 7) is 2.92. The summed E-state index contributed by atoms with van der Waals surface area (Å²) in [6.07, 6.45) is 0. The largest absolute Gasteiger partial charge is 0.497 e. The minimum atomic E-state index is 0.0199. The van der Waals surface area contributed by atoms with E-state index in [1.807, 2.05) is 41.3 Å². The van der Waals surface area contributed by atoms with Crippen LogP contribution < -0.4 is 9.64 Å². The maximum absolute atomic E-state index is 12.8. The highest BCUT2D eigenvalue weighted by Gasteiger charge is 2.24. The van der Waals surface area contributed by atoms with E-state index in [-0.39, 0.29) is 5.91 Å². The summed E-state index contributed by atoms with van der Waals surface area (Å²) >= 11 is 9.52. The number of hydrogen-bond acceptors (Lipinski definition) is 3. The van der Waals surface area contributed by atoms with Crippen LogP contribution in [0.5, 0.6) is 5.75 Å². The zero-order valence-corrected chi connectivity index (χ0v) is 15.7. The van der Waals surface area contributed by atoms with Crippen molar-refractivity contribution in [2.45, 2.75) is 0 Å². The standard InChI is InChI=1S/C18H18BrClN2O2/c1-24-15-5-6-17(19)16(12-15)18(23)22-9-7-21(8-10-22)14-4-2-3-13(20)11-14/h2-6,11-12H,7-10H2,1H3. The van der Waals surface area contributed by atoms with Gasteiger partial charge in [-0.1, -0.05) is 17.7 Å². The third-order valence-electron chi connectivity index (χ3n) is 4.14. The molecule has 1 fully saturated rings. The van der Waals surface area contributed by atoms with Gasteiger partial charge in [-0.05, 0) is 52.3 Å². The van der Waals surface area contributed by atoms with Crippen LogP contribution in [0.4, 0.5) is 5.69 Å². The Morgan fingerprint density at radius 2 is 1.88 bits per heavy atom. The Morgan fingerprint density at radius 3 is 2.54 bits per heavy atom. The molecule has 1 aliphatic heterocycles. The Morgan fingerprint density at radius 1 is 1.12 bits per heavy atom. The minimum Gasteiger partial charge on any atom is -0.497 e. The second kappa shape index (κ2) is 7.45. The number of methoxy groups -OCH3 is 1.